The van der Waals surface area contributed by atoms with E-state index >= 15 is 0 Å². The van der Waals surface area contributed by atoms with Gasteiger partial charge in [-0.15, -0.1) is 0 Å². The first-order valence-electron chi connectivity index (χ1n) is 7.44. The van der Waals surface area contributed by atoms with E-state index in [0.29, 0.717) is 12.2 Å². The van der Waals surface area contributed by atoms with Crippen LogP contribution in [-0.2, 0) is 13.6 Å². The molecule has 1 N–H and O–H groups in total. The number of aryl methyl sites for hydroxylation is 3. The number of amides is 1. The summed E-state index contributed by atoms with van der Waals surface area (Å²) in [6, 6.07) is 16.4. The third-order valence-corrected chi connectivity index (χ3v) is 3.97. The van der Waals surface area contributed by atoms with Gasteiger partial charge in [-0.3, -0.25) is 4.79 Å². The third kappa shape index (κ3) is 2.75. The lowest BCUT2D eigenvalue weighted by molar-refractivity contribution is 0.0943. The Morgan fingerprint density at radius 3 is 2.59 bits per heavy atom. The number of aromatic nitrogens is 1. The molecule has 0 atom stereocenters. The molecule has 3 nitrogen and oxygen atoms in total. The van der Waals surface area contributed by atoms with Gasteiger partial charge in [0.2, 0.25) is 0 Å². The number of fused-ring (bicyclic) bond motifs is 1. The Hall–Kier alpha value is -2.55. The summed E-state index contributed by atoms with van der Waals surface area (Å²) in [5.41, 5.74) is 5.28. The van der Waals surface area contributed by atoms with Crippen molar-refractivity contribution in [2.24, 2.45) is 7.05 Å². The Labute approximate surface area is 130 Å². The van der Waals surface area contributed by atoms with Crippen LogP contribution in [-0.4, -0.2) is 10.5 Å². The molecule has 0 saturated carbocycles. The van der Waals surface area contributed by atoms with E-state index in [2.05, 4.69) is 49.5 Å². The van der Waals surface area contributed by atoms with Gasteiger partial charge in [-0.2, -0.15) is 0 Å². The molecule has 3 aromatic rings. The zero-order valence-electron chi connectivity index (χ0n) is 13.2. The summed E-state index contributed by atoms with van der Waals surface area (Å²) < 4.78 is 1.94. The average Bonchev–Trinajstić information content (AvgIpc) is 2.81. The van der Waals surface area contributed by atoms with Crippen LogP contribution in [0.1, 0.15) is 27.2 Å². The number of carbonyl (C=O) groups is 1. The molecule has 3 heteroatoms. The first-order valence-corrected chi connectivity index (χ1v) is 7.44. The summed E-state index contributed by atoms with van der Waals surface area (Å²) >= 11 is 0. The minimum Gasteiger partial charge on any atom is -0.347 e. The Bertz CT molecular complexity index is 846. The molecule has 0 bridgehead atoms. The van der Waals surface area contributed by atoms with Crippen LogP contribution in [0.5, 0.6) is 0 Å². The van der Waals surface area contributed by atoms with Gasteiger partial charge < -0.3 is 9.88 Å². The third-order valence-electron chi connectivity index (χ3n) is 3.97. The van der Waals surface area contributed by atoms with Crippen LogP contribution < -0.4 is 5.32 Å². The summed E-state index contributed by atoms with van der Waals surface area (Å²) in [6.07, 6.45) is 0. The molecule has 22 heavy (non-hydrogen) atoms. The van der Waals surface area contributed by atoms with Gasteiger partial charge in [-0.1, -0.05) is 41.5 Å². The molecule has 3 rings (SSSR count). The van der Waals surface area contributed by atoms with E-state index in [1.54, 1.807) is 0 Å². The highest BCUT2D eigenvalue weighted by molar-refractivity contribution is 5.98. The molecule has 1 heterocycles. The van der Waals surface area contributed by atoms with Crippen molar-refractivity contribution in [2.45, 2.75) is 20.4 Å². The smallest absolute Gasteiger partial charge is 0.268 e. The lowest BCUT2D eigenvalue weighted by Gasteiger charge is -2.07. The molecule has 1 amide bonds. The van der Waals surface area contributed by atoms with E-state index in [9.17, 15) is 4.79 Å². The average molecular weight is 292 g/mol. The lowest BCUT2D eigenvalue weighted by atomic mass is 10.1. The number of carbonyl (C=O) groups excluding carboxylic acids is 1. The predicted molar refractivity (Wildman–Crippen MR) is 90.0 cm³/mol. The molecule has 0 radical (unpaired) electrons. The molecular formula is C19H20N2O. The van der Waals surface area contributed by atoms with Gasteiger partial charge in [0.1, 0.15) is 5.69 Å². The number of nitrogens with one attached hydrogen (secondary N) is 1. The molecule has 0 aliphatic rings. The molecule has 0 aliphatic heterocycles. The van der Waals surface area contributed by atoms with Gasteiger partial charge in [0.15, 0.2) is 0 Å². The number of nitrogens with zero attached hydrogens (tertiary/aromatic N) is 1. The van der Waals surface area contributed by atoms with Crippen LogP contribution in [0.2, 0.25) is 0 Å². The zero-order valence-corrected chi connectivity index (χ0v) is 13.2. The van der Waals surface area contributed by atoms with Gasteiger partial charge in [0, 0.05) is 24.5 Å². The van der Waals surface area contributed by atoms with Gasteiger partial charge >= 0.3 is 0 Å². The van der Waals surface area contributed by atoms with Crippen LogP contribution in [0.4, 0.5) is 0 Å². The summed E-state index contributed by atoms with van der Waals surface area (Å²) in [6.45, 7) is 4.66. The number of rotatable bonds is 3. The van der Waals surface area contributed by atoms with E-state index in [-0.39, 0.29) is 5.91 Å². The molecule has 2 aromatic carbocycles. The second-order valence-electron chi connectivity index (χ2n) is 5.82. The highest BCUT2D eigenvalue weighted by atomic mass is 16.1. The maximum absolute atomic E-state index is 12.4. The lowest BCUT2D eigenvalue weighted by Crippen LogP contribution is -2.24. The Morgan fingerprint density at radius 1 is 1.05 bits per heavy atom. The summed E-state index contributed by atoms with van der Waals surface area (Å²) in [4.78, 5) is 12.4. The first-order chi connectivity index (χ1) is 10.5. The van der Waals surface area contributed by atoms with Gasteiger partial charge in [0.25, 0.3) is 5.91 Å². The molecule has 0 saturated heterocycles. The Kier molecular flexibility index (Phi) is 3.72. The molecule has 0 fully saturated rings. The van der Waals surface area contributed by atoms with Crippen molar-refractivity contribution in [3.63, 3.8) is 0 Å². The second-order valence-corrected chi connectivity index (χ2v) is 5.82. The first kappa shape index (κ1) is 14.4. The predicted octanol–water partition coefficient (Wildman–Crippen LogP) is 3.73. The Balaban J connectivity index is 1.81. The van der Waals surface area contributed by atoms with Crippen molar-refractivity contribution < 1.29 is 4.79 Å². The second kappa shape index (κ2) is 5.68. The molecule has 0 spiro atoms. The molecule has 0 aliphatic carbocycles. The van der Waals surface area contributed by atoms with Crippen LogP contribution >= 0.6 is 0 Å². The number of hydrogen-bond acceptors (Lipinski definition) is 1. The van der Waals surface area contributed by atoms with Gasteiger partial charge in [-0.05, 0) is 37.6 Å². The van der Waals surface area contributed by atoms with Crippen LogP contribution in [0.3, 0.4) is 0 Å². The van der Waals surface area contributed by atoms with Crippen LogP contribution in [0, 0.1) is 13.8 Å². The van der Waals surface area contributed by atoms with E-state index in [0.717, 1.165) is 16.5 Å². The van der Waals surface area contributed by atoms with Gasteiger partial charge in [0.05, 0.1) is 0 Å². The van der Waals surface area contributed by atoms with Crippen molar-refractivity contribution in [3.05, 3.63) is 70.9 Å². The quantitative estimate of drug-likeness (QED) is 0.784. The minimum absolute atomic E-state index is 0.0436. The Morgan fingerprint density at radius 2 is 1.82 bits per heavy atom. The van der Waals surface area contributed by atoms with Crippen molar-refractivity contribution >= 4 is 16.8 Å². The fraction of sp³-hybridized carbons (Fsp3) is 0.211. The van der Waals surface area contributed by atoms with E-state index < -0.39 is 0 Å². The normalized spacial score (nSPS) is 10.9. The maximum Gasteiger partial charge on any atom is 0.268 e. The maximum atomic E-state index is 12.4. The minimum atomic E-state index is -0.0436. The van der Waals surface area contributed by atoms with Crippen LogP contribution in [0.15, 0.2) is 48.5 Å². The fourth-order valence-electron chi connectivity index (χ4n) is 2.78. The fourth-order valence-corrected chi connectivity index (χ4v) is 2.78. The van der Waals surface area contributed by atoms with Crippen molar-refractivity contribution in [3.8, 4) is 0 Å². The summed E-state index contributed by atoms with van der Waals surface area (Å²) in [5, 5.41) is 4.10. The van der Waals surface area contributed by atoms with Crippen molar-refractivity contribution in [2.75, 3.05) is 0 Å². The summed E-state index contributed by atoms with van der Waals surface area (Å²) in [7, 11) is 1.93. The van der Waals surface area contributed by atoms with Crippen LogP contribution in [0.25, 0.3) is 10.9 Å². The van der Waals surface area contributed by atoms with Gasteiger partial charge in [-0.25, -0.2) is 0 Å². The SMILES string of the molecule is Cc1cccc(CNC(=O)c2cc3cc(C)ccc3n2C)c1. The van der Waals surface area contributed by atoms with E-state index in [1.165, 1.54) is 11.1 Å². The molecule has 1 aromatic heterocycles. The topological polar surface area (TPSA) is 34.0 Å². The van der Waals surface area contributed by atoms with E-state index in [4.69, 9.17) is 0 Å². The molecule has 0 unspecified atom stereocenters. The van der Waals surface area contributed by atoms with E-state index in [1.807, 2.05) is 29.8 Å². The zero-order chi connectivity index (χ0) is 15.7. The number of hydrogen-bond donors (Lipinski definition) is 1. The highest BCUT2D eigenvalue weighted by Gasteiger charge is 2.13. The number of benzene rings is 2. The van der Waals surface area contributed by atoms with Crippen molar-refractivity contribution in [1.29, 1.82) is 0 Å². The monoisotopic (exact) mass is 292 g/mol. The summed E-state index contributed by atoms with van der Waals surface area (Å²) in [5.74, 6) is -0.0436. The highest BCUT2D eigenvalue weighted by Crippen LogP contribution is 2.20. The molecule has 112 valence electrons. The molecular weight excluding hydrogens is 272 g/mol. The van der Waals surface area contributed by atoms with Crippen molar-refractivity contribution in [1.82, 2.24) is 9.88 Å². The standard InChI is InChI=1S/C19H20N2O/c1-13-5-4-6-15(9-13)12-20-19(22)18-11-16-10-14(2)7-8-17(16)21(18)3/h4-11H,12H2,1-3H3,(H,20,22). The largest absolute Gasteiger partial charge is 0.347 e.